The van der Waals surface area contributed by atoms with Crippen LogP contribution in [0.15, 0.2) is 0 Å². The van der Waals surface area contributed by atoms with Gasteiger partial charge in [-0.2, -0.15) is 0 Å². The molecule has 0 radical (unpaired) electrons. The summed E-state index contributed by atoms with van der Waals surface area (Å²) in [5.41, 5.74) is 0. The van der Waals surface area contributed by atoms with Gasteiger partial charge in [-0.3, -0.25) is 0 Å². The molecule has 3 heteroatoms. The van der Waals surface area contributed by atoms with Crippen LogP contribution in [0.25, 0.3) is 0 Å². The molecule has 1 fully saturated rings. The minimum absolute atomic E-state index is 0.285. The highest BCUT2D eigenvalue weighted by molar-refractivity contribution is 5.67. The molecule has 0 aromatic heterocycles. The Balaban J connectivity index is 2.12. The topological polar surface area (TPSA) is 38.3 Å². The summed E-state index contributed by atoms with van der Waals surface area (Å²) in [6.45, 7) is 4.28. The number of rotatable bonds is 3. The summed E-state index contributed by atoms with van der Waals surface area (Å²) in [5.74, 6) is 0.694. The summed E-state index contributed by atoms with van der Waals surface area (Å²) in [7, 11) is 0. The smallest absolute Gasteiger partial charge is 0.407 e. The van der Waals surface area contributed by atoms with E-state index in [1.807, 2.05) is 6.92 Å². The maximum atomic E-state index is 10.9. The van der Waals surface area contributed by atoms with Crippen molar-refractivity contribution in [2.75, 3.05) is 6.61 Å². The molecule has 3 nitrogen and oxygen atoms in total. The maximum Gasteiger partial charge on any atom is 0.407 e. The highest BCUT2D eigenvalue weighted by Crippen LogP contribution is 2.32. The van der Waals surface area contributed by atoms with E-state index >= 15 is 0 Å². The molecule has 1 amide bonds. The Kier molecular flexibility index (Phi) is 2.74. The lowest BCUT2D eigenvalue weighted by molar-refractivity contribution is 0.147. The second-order valence-corrected chi connectivity index (χ2v) is 2.99. The first kappa shape index (κ1) is 8.37. The van der Waals surface area contributed by atoms with Gasteiger partial charge in [-0.25, -0.2) is 4.79 Å². The van der Waals surface area contributed by atoms with Crippen molar-refractivity contribution in [1.82, 2.24) is 5.32 Å². The van der Waals surface area contributed by atoms with Crippen LogP contribution >= 0.6 is 0 Å². The van der Waals surface area contributed by atoms with E-state index in [0.29, 0.717) is 12.5 Å². The molecule has 64 valence electrons. The molecule has 1 unspecified atom stereocenters. The van der Waals surface area contributed by atoms with Crippen molar-refractivity contribution >= 4 is 6.09 Å². The van der Waals surface area contributed by atoms with E-state index in [1.54, 1.807) is 6.92 Å². The van der Waals surface area contributed by atoms with Crippen LogP contribution in [0, 0.1) is 5.92 Å². The van der Waals surface area contributed by atoms with Crippen LogP contribution in [-0.2, 0) is 4.74 Å². The van der Waals surface area contributed by atoms with Gasteiger partial charge in [0.2, 0.25) is 0 Å². The zero-order chi connectivity index (χ0) is 8.27. The normalized spacial score (nSPS) is 19.1. The van der Waals surface area contributed by atoms with Crippen molar-refractivity contribution in [3.05, 3.63) is 0 Å². The van der Waals surface area contributed by atoms with Crippen molar-refractivity contribution < 1.29 is 9.53 Å². The van der Waals surface area contributed by atoms with E-state index in [1.165, 1.54) is 12.8 Å². The van der Waals surface area contributed by atoms with Gasteiger partial charge in [0.15, 0.2) is 0 Å². The molecule has 0 bridgehead atoms. The predicted octanol–water partition coefficient (Wildman–Crippen LogP) is 1.53. The Morgan fingerprint density at radius 3 is 2.82 bits per heavy atom. The van der Waals surface area contributed by atoms with Gasteiger partial charge in [-0.1, -0.05) is 0 Å². The quantitative estimate of drug-likeness (QED) is 0.674. The Labute approximate surface area is 67.1 Å². The number of nitrogens with one attached hydrogen (secondary N) is 1. The number of carbonyl (C=O) groups excluding carboxylic acids is 1. The summed E-state index contributed by atoms with van der Waals surface area (Å²) >= 11 is 0. The van der Waals surface area contributed by atoms with Gasteiger partial charge in [0, 0.05) is 6.04 Å². The van der Waals surface area contributed by atoms with Gasteiger partial charge in [-0.05, 0) is 32.6 Å². The molecule has 0 spiro atoms. The molecule has 1 rings (SSSR count). The SMILES string of the molecule is CCOC(=O)NC(C)C1CC1. The lowest BCUT2D eigenvalue weighted by atomic mass is 10.2. The molecule has 1 atom stereocenters. The number of carbonyl (C=O) groups is 1. The van der Waals surface area contributed by atoms with Gasteiger partial charge in [-0.15, -0.1) is 0 Å². The molecule has 0 aromatic rings. The minimum atomic E-state index is -0.285. The van der Waals surface area contributed by atoms with Crippen molar-refractivity contribution in [1.29, 1.82) is 0 Å². The third kappa shape index (κ3) is 2.78. The second kappa shape index (κ2) is 3.60. The third-order valence-electron chi connectivity index (χ3n) is 1.95. The average molecular weight is 157 g/mol. The number of alkyl carbamates (subject to hydrolysis) is 1. The standard InChI is InChI=1S/C8H15NO2/c1-3-11-8(10)9-6(2)7-4-5-7/h6-7H,3-5H2,1-2H3,(H,9,10). The molecule has 0 aromatic carbocycles. The summed E-state index contributed by atoms with van der Waals surface area (Å²) in [5, 5.41) is 2.78. The van der Waals surface area contributed by atoms with Crippen LogP contribution in [0.4, 0.5) is 4.79 Å². The number of amides is 1. The van der Waals surface area contributed by atoms with Crippen LogP contribution in [0.1, 0.15) is 26.7 Å². The minimum Gasteiger partial charge on any atom is -0.450 e. The van der Waals surface area contributed by atoms with Gasteiger partial charge < -0.3 is 10.1 Å². The van der Waals surface area contributed by atoms with Crippen molar-refractivity contribution in [3.63, 3.8) is 0 Å². The molecule has 0 aliphatic heterocycles. The Bertz CT molecular complexity index is 143. The van der Waals surface area contributed by atoms with E-state index in [4.69, 9.17) is 4.74 Å². The Morgan fingerprint density at radius 2 is 2.36 bits per heavy atom. The van der Waals surface area contributed by atoms with Gasteiger partial charge in [0.05, 0.1) is 6.61 Å². The van der Waals surface area contributed by atoms with E-state index in [9.17, 15) is 4.79 Å². The predicted molar refractivity (Wildman–Crippen MR) is 42.3 cm³/mol. The van der Waals surface area contributed by atoms with Crippen molar-refractivity contribution in [2.24, 2.45) is 5.92 Å². The van der Waals surface area contributed by atoms with Gasteiger partial charge in [0.25, 0.3) is 0 Å². The highest BCUT2D eigenvalue weighted by atomic mass is 16.5. The van der Waals surface area contributed by atoms with E-state index in [-0.39, 0.29) is 12.1 Å². The Hall–Kier alpha value is -0.730. The largest absolute Gasteiger partial charge is 0.450 e. The van der Waals surface area contributed by atoms with E-state index < -0.39 is 0 Å². The van der Waals surface area contributed by atoms with Crippen LogP contribution < -0.4 is 5.32 Å². The number of ether oxygens (including phenoxy) is 1. The molecule has 0 saturated heterocycles. The zero-order valence-electron chi connectivity index (χ0n) is 7.09. The lowest BCUT2D eigenvalue weighted by Crippen LogP contribution is -2.34. The first-order valence-electron chi connectivity index (χ1n) is 4.17. The summed E-state index contributed by atoms with van der Waals surface area (Å²) < 4.78 is 4.74. The third-order valence-corrected chi connectivity index (χ3v) is 1.95. The number of hydrogen-bond donors (Lipinski definition) is 1. The Morgan fingerprint density at radius 1 is 1.73 bits per heavy atom. The maximum absolute atomic E-state index is 10.9. The first-order chi connectivity index (χ1) is 5.24. The lowest BCUT2D eigenvalue weighted by Gasteiger charge is -2.11. The molecule has 1 N–H and O–H groups in total. The second-order valence-electron chi connectivity index (χ2n) is 2.99. The van der Waals surface area contributed by atoms with E-state index in [2.05, 4.69) is 5.32 Å². The summed E-state index contributed by atoms with van der Waals surface area (Å²) in [4.78, 5) is 10.9. The summed E-state index contributed by atoms with van der Waals surface area (Å²) in [6.07, 6.45) is 2.20. The van der Waals surface area contributed by atoms with Crippen LogP contribution in [-0.4, -0.2) is 18.7 Å². The zero-order valence-corrected chi connectivity index (χ0v) is 7.09. The fourth-order valence-electron chi connectivity index (χ4n) is 1.07. The van der Waals surface area contributed by atoms with Crippen molar-refractivity contribution in [3.8, 4) is 0 Å². The van der Waals surface area contributed by atoms with Crippen LogP contribution in [0.3, 0.4) is 0 Å². The molecular weight excluding hydrogens is 142 g/mol. The molecular formula is C8H15NO2. The van der Waals surface area contributed by atoms with Gasteiger partial charge >= 0.3 is 6.09 Å². The average Bonchev–Trinajstić information content (AvgIpc) is 2.67. The van der Waals surface area contributed by atoms with Crippen LogP contribution in [0.5, 0.6) is 0 Å². The fourth-order valence-corrected chi connectivity index (χ4v) is 1.07. The molecule has 0 heterocycles. The van der Waals surface area contributed by atoms with Crippen LogP contribution in [0.2, 0.25) is 0 Å². The molecule has 1 aliphatic carbocycles. The number of hydrogen-bond acceptors (Lipinski definition) is 2. The monoisotopic (exact) mass is 157 g/mol. The summed E-state index contributed by atoms with van der Waals surface area (Å²) in [6, 6.07) is 0.286. The van der Waals surface area contributed by atoms with Crippen molar-refractivity contribution in [2.45, 2.75) is 32.7 Å². The molecule has 1 aliphatic rings. The highest BCUT2D eigenvalue weighted by Gasteiger charge is 2.28. The first-order valence-corrected chi connectivity index (χ1v) is 4.17. The van der Waals surface area contributed by atoms with E-state index in [0.717, 1.165) is 0 Å². The molecule has 11 heavy (non-hydrogen) atoms. The fraction of sp³-hybridized carbons (Fsp3) is 0.875. The van der Waals surface area contributed by atoms with Gasteiger partial charge in [0.1, 0.15) is 0 Å². The molecule has 1 saturated carbocycles.